The lowest BCUT2D eigenvalue weighted by molar-refractivity contribution is 0.122. The van der Waals surface area contributed by atoms with Crippen LogP contribution in [0.5, 0.6) is 5.88 Å². The lowest BCUT2D eigenvalue weighted by Gasteiger charge is -2.29. The Balaban J connectivity index is 1.64. The van der Waals surface area contributed by atoms with Gasteiger partial charge in [0.1, 0.15) is 6.61 Å². The highest BCUT2D eigenvalue weighted by Crippen LogP contribution is 2.30. The normalized spacial score (nSPS) is 14.7. The van der Waals surface area contributed by atoms with Gasteiger partial charge >= 0.3 is 0 Å². The third-order valence-electron chi connectivity index (χ3n) is 4.86. The summed E-state index contributed by atoms with van der Waals surface area (Å²) in [5, 5.41) is 9.96. The van der Waals surface area contributed by atoms with E-state index in [9.17, 15) is 4.39 Å². The number of para-hydroxylation sites is 1. The van der Waals surface area contributed by atoms with E-state index >= 15 is 4.39 Å². The topological polar surface area (TPSA) is 83.0 Å². The largest absolute Gasteiger partial charge is 0.473 e. The molecule has 0 bridgehead atoms. The van der Waals surface area contributed by atoms with Crippen LogP contribution in [-0.2, 0) is 11.3 Å². The van der Waals surface area contributed by atoms with E-state index in [1.807, 2.05) is 24.3 Å². The number of aromatic amines is 1. The van der Waals surface area contributed by atoms with Crippen LogP contribution >= 0.6 is 0 Å². The Labute approximate surface area is 172 Å². The van der Waals surface area contributed by atoms with Crippen molar-refractivity contribution < 1.29 is 23.4 Å². The van der Waals surface area contributed by atoms with Crippen LogP contribution in [0.3, 0.4) is 0 Å². The highest BCUT2D eigenvalue weighted by atomic mass is 19.1. The first-order valence-electron chi connectivity index (χ1n) is 9.69. The summed E-state index contributed by atoms with van der Waals surface area (Å²) in [6, 6.07) is 7.71. The zero-order valence-corrected chi connectivity index (χ0v) is 16.3. The summed E-state index contributed by atoms with van der Waals surface area (Å²) in [6.45, 7) is 1.07. The quantitative estimate of drug-likeness (QED) is 0.579. The molecule has 1 saturated heterocycles. The fourth-order valence-electron chi connectivity index (χ4n) is 3.35. The minimum absolute atomic E-state index is 0.00457. The van der Waals surface area contributed by atoms with Gasteiger partial charge in [-0.3, -0.25) is 4.99 Å². The van der Waals surface area contributed by atoms with E-state index in [0.29, 0.717) is 26.3 Å². The summed E-state index contributed by atoms with van der Waals surface area (Å²) in [5.41, 5.74) is 1.55. The summed E-state index contributed by atoms with van der Waals surface area (Å²) in [4.78, 5) is 13.1. The molecule has 2 aromatic heterocycles. The van der Waals surface area contributed by atoms with Crippen LogP contribution < -0.4 is 9.64 Å². The molecule has 0 amide bonds. The second kappa shape index (κ2) is 9.19. The lowest BCUT2D eigenvalue weighted by Crippen LogP contribution is -2.37. The molecule has 4 rings (SSSR count). The number of morpholine rings is 1. The zero-order chi connectivity index (χ0) is 20.9. The van der Waals surface area contributed by atoms with Gasteiger partial charge in [-0.2, -0.15) is 4.98 Å². The Kier molecular flexibility index (Phi) is 6.20. The van der Waals surface area contributed by atoms with Gasteiger partial charge in [-0.15, -0.1) is 0 Å². The number of ether oxygens (including phenoxy) is 2. The molecule has 0 radical (unpaired) electrons. The van der Waals surface area contributed by atoms with Gasteiger partial charge in [0.15, 0.2) is 17.5 Å². The molecule has 1 aliphatic rings. The van der Waals surface area contributed by atoms with E-state index in [-0.39, 0.29) is 37.0 Å². The molecule has 9 heteroatoms. The molecule has 3 heterocycles. The number of aromatic nitrogens is 2. The molecule has 7 nitrogen and oxygen atoms in total. The number of anilines is 1. The number of fused-ring (bicyclic) bond motifs is 1. The zero-order valence-electron chi connectivity index (χ0n) is 16.3. The van der Waals surface area contributed by atoms with Crippen molar-refractivity contribution in [3.05, 3.63) is 53.2 Å². The van der Waals surface area contributed by atoms with Crippen LogP contribution in [0.2, 0.25) is 0 Å². The highest BCUT2D eigenvalue weighted by molar-refractivity contribution is 5.98. The third-order valence-corrected chi connectivity index (χ3v) is 4.86. The van der Waals surface area contributed by atoms with Gasteiger partial charge in [0, 0.05) is 42.0 Å². The smallest absolute Gasteiger partial charge is 0.253 e. The average molecular weight is 416 g/mol. The van der Waals surface area contributed by atoms with E-state index in [0.717, 1.165) is 16.5 Å². The SMILES string of the molecule is OCCOc1nc(N2CCOCC2)c(F)c(CN=Cc2c[nH]c3ccccc23)c1F. The standard InChI is InChI=1S/C21H22F2N4O3/c22-18-16(13-24-11-14-12-25-17-4-2-1-3-15(14)17)19(23)21(30-10-7-28)26-20(18)27-5-8-29-9-6-27/h1-4,11-12,25,28H,5-10,13H2. The Morgan fingerprint density at radius 2 is 2.03 bits per heavy atom. The van der Waals surface area contributed by atoms with E-state index in [2.05, 4.69) is 15.0 Å². The van der Waals surface area contributed by atoms with E-state index in [1.54, 1.807) is 17.3 Å². The number of nitrogens with one attached hydrogen (secondary N) is 1. The van der Waals surface area contributed by atoms with Crippen LogP contribution in [-0.4, -0.2) is 60.8 Å². The minimum atomic E-state index is -0.908. The first-order valence-corrected chi connectivity index (χ1v) is 9.69. The van der Waals surface area contributed by atoms with E-state index in [1.165, 1.54) is 0 Å². The second-order valence-electron chi connectivity index (χ2n) is 6.78. The summed E-state index contributed by atoms with van der Waals surface area (Å²) < 4.78 is 40.6. The van der Waals surface area contributed by atoms with Crippen molar-refractivity contribution in [1.29, 1.82) is 0 Å². The van der Waals surface area contributed by atoms with Gasteiger partial charge < -0.3 is 24.5 Å². The van der Waals surface area contributed by atoms with Crippen molar-refractivity contribution in [3.63, 3.8) is 0 Å². The molecule has 2 N–H and O–H groups in total. The third kappa shape index (κ3) is 4.12. The molecule has 30 heavy (non-hydrogen) atoms. The first kappa shape index (κ1) is 20.2. The molecule has 1 fully saturated rings. The Morgan fingerprint density at radius 3 is 2.83 bits per heavy atom. The van der Waals surface area contributed by atoms with Crippen molar-refractivity contribution in [3.8, 4) is 5.88 Å². The molecule has 0 atom stereocenters. The molecule has 0 aliphatic carbocycles. The number of aliphatic hydroxyl groups excluding tert-OH is 1. The van der Waals surface area contributed by atoms with Crippen LogP contribution in [0.1, 0.15) is 11.1 Å². The number of benzene rings is 1. The van der Waals surface area contributed by atoms with Gasteiger partial charge in [-0.1, -0.05) is 18.2 Å². The number of H-pyrrole nitrogens is 1. The predicted molar refractivity (Wildman–Crippen MR) is 109 cm³/mol. The van der Waals surface area contributed by atoms with Crippen LogP contribution in [0, 0.1) is 11.6 Å². The van der Waals surface area contributed by atoms with Gasteiger partial charge in [-0.25, -0.2) is 8.78 Å². The van der Waals surface area contributed by atoms with Gasteiger partial charge in [-0.05, 0) is 6.07 Å². The molecular weight excluding hydrogens is 394 g/mol. The van der Waals surface area contributed by atoms with Crippen molar-refractivity contribution >= 4 is 22.9 Å². The lowest BCUT2D eigenvalue weighted by atomic mass is 10.2. The minimum Gasteiger partial charge on any atom is -0.473 e. The maximum atomic E-state index is 15.2. The maximum absolute atomic E-state index is 15.2. The van der Waals surface area contributed by atoms with Crippen molar-refractivity contribution in [2.24, 2.45) is 4.99 Å². The van der Waals surface area contributed by atoms with Crippen LogP contribution in [0.15, 0.2) is 35.5 Å². The van der Waals surface area contributed by atoms with Crippen molar-refractivity contribution in [2.45, 2.75) is 6.54 Å². The molecular formula is C21H22F2N4O3. The number of aliphatic imine (C=N–C) groups is 1. The highest BCUT2D eigenvalue weighted by Gasteiger charge is 2.25. The maximum Gasteiger partial charge on any atom is 0.253 e. The molecule has 0 unspecified atom stereocenters. The van der Waals surface area contributed by atoms with E-state index < -0.39 is 11.6 Å². The summed E-state index contributed by atoms with van der Waals surface area (Å²) >= 11 is 0. The van der Waals surface area contributed by atoms with Crippen molar-refractivity contribution in [2.75, 3.05) is 44.4 Å². The molecule has 0 spiro atoms. The number of hydrogen-bond acceptors (Lipinski definition) is 6. The number of halogens is 2. The van der Waals surface area contributed by atoms with Gasteiger partial charge in [0.05, 0.1) is 31.9 Å². The number of nitrogens with zero attached hydrogens (tertiary/aromatic N) is 3. The average Bonchev–Trinajstić information content (AvgIpc) is 3.19. The summed E-state index contributed by atoms with van der Waals surface area (Å²) in [6.07, 6.45) is 3.38. The molecule has 158 valence electrons. The Morgan fingerprint density at radius 1 is 1.23 bits per heavy atom. The predicted octanol–water partition coefficient (Wildman–Crippen LogP) is 2.67. The Hall–Kier alpha value is -3.04. The monoisotopic (exact) mass is 416 g/mol. The van der Waals surface area contributed by atoms with Gasteiger partial charge in [0.25, 0.3) is 5.88 Å². The van der Waals surface area contributed by atoms with Crippen LogP contribution in [0.4, 0.5) is 14.6 Å². The number of hydrogen-bond donors (Lipinski definition) is 2. The number of pyridine rings is 1. The van der Waals surface area contributed by atoms with Crippen molar-refractivity contribution in [1.82, 2.24) is 9.97 Å². The molecule has 1 aliphatic heterocycles. The first-order chi connectivity index (χ1) is 14.7. The molecule has 1 aromatic carbocycles. The fraction of sp³-hybridized carbons (Fsp3) is 0.333. The summed E-state index contributed by atoms with van der Waals surface area (Å²) in [5.74, 6) is -2.01. The number of rotatable bonds is 7. The molecule has 0 saturated carbocycles. The fourth-order valence-corrected chi connectivity index (χ4v) is 3.35. The van der Waals surface area contributed by atoms with E-state index in [4.69, 9.17) is 14.6 Å². The molecule has 3 aromatic rings. The van der Waals surface area contributed by atoms with Gasteiger partial charge in [0.2, 0.25) is 0 Å². The number of aliphatic hydroxyl groups is 1. The van der Waals surface area contributed by atoms with Crippen LogP contribution in [0.25, 0.3) is 10.9 Å². The Bertz CT molecular complexity index is 1050. The summed E-state index contributed by atoms with van der Waals surface area (Å²) in [7, 11) is 0. The second-order valence-corrected chi connectivity index (χ2v) is 6.78.